The van der Waals surface area contributed by atoms with Gasteiger partial charge in [-0.1, -0.05) is 6.07 Å². The fourth-order valence-corrected chi connectivity index (χ4v) is 1.72. The minimum atomic E-state index is -0.124. The standard InChI is InChI=1S/C13H18O4/c1-14-10-16-11-5-4-6-12(9-11)17-13-7-2-3-8-15-13/h4-6,9,13H,2-3,7-8,10H2,1H3. The van der Waals surface area contributed by atoms with Crippen LogP contribution in [0.1, 0.15) is 19.3 Å². The van der Waals surface area contributed by atoms with Crippen molar-refractivity contribution in [2.45, 2.75) is 25.6 Å². The predicted molar refractivity (Wildman–Crippen MR) is 63.2 cm³/mol. The first-order valence-corrected chi connectivity index (χ1v) is 5.88. The molecule has 0 bridgehead atoms. The molecule has 1 aliphatic heterocycles. The molecule has 0 N–H and O–H groups in total. The zero-order valence-electron chi connectivity index (χ0n) is 10.1. The molecular weight excluding hydrogens is 220 g/mol. The van der Waals surface area contributed by atoms with E-state index in [0.717, 1.165) is 37.4 Å². The predicted octanol–water partition coefficient (Wildman–Crippen LogP) is 2.57. The van der Waals surface area contributed by atoms with Crippen LogP contribution in [0.5, 0.6) is 11.5 Å². The van der Waals surface area contributed by atoms with Crippen molar-refractivity contribution in [3.05, 3.63) is 24.3 Å². The fourth-order valence-electron chi connectivity index (χ4n) is 1.72. The van der Waals surface area contributed by atoms with Gasteiger partial charge in [0, 0.05) is 19.6 Å². The highest BCUT2D eigenvalue weighted by Crippen LogP contribution is 2.23. The molecule has 0 radical (unpaired) electrons. The van der Waals surface area contributed by atoms with E-state index in [1.54, 1.807) is 7.11 Å². The summed E-state index contributed by atoms with van der Waals surface area (Å²) in [5.41, 5.74) is 0. The van der Waals surface area contributed by atoms with Crippen LogP contribution in [0.25, 0.3) is 0 Å². The maximum Gasteiger partial charge on any atom is 0.199 e. The molecule has 4 heteroatoms. The van der Waals surface area contributed by atoms with E-state index in [1.165, 1.54) is 0 Å². The fraction of sp³-hybridized carbons (Fsp3) is 0.538. The third-order valence-corrected chi connectivity index (χ3v) is 2.55. The van der Waals surface area contributed by atoms with Crippen LogP contribution in [0, 0.1) is 0 Å². The molecule has 1 aromatic carbocycles. The van der Waals surface area contributed by atoms with Gasteiger partial charge in [0.15, 0.2) is 13.1 Å². The van der Waals surface area contributed by atoms with E-state index < -0.39 is 0 Å². The summed E-state index contributed by atoms with van der Waals surface area (Å²) in [6, 6.07) is 7.51. The number of rotatable bonds is 5. The molecule has 0 amide bonds. The van der Waals surface area contributed by atoms with Crippen LogP contribution >= 0.6 is 0 Å². The van der Waals surface area contributed by atoms with E-state index in [-0.39, 0.29) is 13.1 Å². The number of methoxy groups -OCH3 is 1. The molecule has 4 nitrogen and oxygen atoms in total. The zero-order chi connectivity index (χ0) is 11.9. The summed E-state index contributed by atoms with van der Waals surface area (Å²) in [6.45, 7) is 1.02. The lowest BCUT2D eigenvalue weighted by atomic mass is 10.2. The maximum absolute atomic E-state index is 5.73. The van der Waals surface area contributed by atoms with Crippen molar-refractivity contribution in [3.63, 3.8) is 0 Å². The summed E-state index contributed by atoms with van der Waals surface area (Å²) >= 11 is 0. The Labute approximate surface area is 101 Å². The minimum absolute atomic E-state index is 0.124. The summed E-state index contributed by atoms with van der Waals surface area (Å²) in [7, 11) is 1.59. The molecule has 0 spiro atoms. The lowest BCUT2D eigenvalue weighted by molar-refractivity contribution is -0.106. The molecule has 2 rings (SSSR count). The first-order valence-electron chi connectivity index (χ1n) is 5.88. The second-order valence-corrected chi connectivity index (χ2v) is 3.94. The number of ether oxygens (including phenoxy) is 4. The van der Waals surface area contributed by atoms with Crippen molar-refractivity contribution in [2.24, 2.45) is 0 Å². The first kappa shape index (κ1) is 12.2. The lowest BCUT2D eigenvalue weighted by Gasteiger charge is -2.23. The van der Waals surface area contributed by atoms with E-state index >= 15 is 0 Å². The number of benzene rings is 1. The molecule has 1 heterocycles. The van der Waals surface area contributed by atoms with Crippen LogP contribution in [0.15, 0.2) is 24.3 Å². The van der Waals surface area contributed by atoms with Crippen LogP contribution in [-0.2, 0) is 9.47 Å². The van der Waals surface area contributed by atoms with Crippen LogP contribution in [0.2, 0.25) is 0 Å². The second kappa shape index (κ2) is 6.47. The number of hydrogen-bond donors (Lipinski definition) is 0. The largest absolute Gasteiger partial charge is 0.467 e. The molecule has 1 saturated heterocycles. The highest BCUT2D eigenvalue weighted by atomic mass is 16.7. The van der Waals surface area contributed by atoms with E-state index in [4.69, 9.17) is 18.9 Å². The molecule has 1 fully saturated rings. The third-order valence-electron chi connectivity index (χ3n) is 2.55. The molecule has 1 atom stereocenters. The van der Waals surface area contributed by atoms with Gasteiger partial charge in [-0.2, -0.15) is 0 Å². The minimum Gasteiger partial charge on any atom is -0.467 e. The summed E-state index contributed by atoms with van der Waals surface area (Å²) in [4.78, 5) is 0. The Morgan fingerprint density at radius 3 is 2.94 bits per heavy atom. The van der Waals surface area contributed by atoms with Gasteiger partial charge in [-0.3, -0.25) is 0 Å². The van der Waals surface area contributed by atoms with Gasteiger partial charge >= 0.3 is 0 Å². The van der Waals surface area contributed by atoms with Crippen molar-refractivity contribution in [2.75, 3.05) is 20.5 Å². The Morgan fingerprint density at radius 1 is 1.29 bits per heavy atom. The van der Waals surface area contributed by atoms with E-state index in [9.17, 15) is 0 Å². The molecule has 0 saturated carbocycles. The molecule has 1 unspecified atom stereocenters. The van der Waals surface area contributed by atoms with E-state index in [2.05, 4.69) is 0 Å². The van der Waals surface area contributed by atoms with Gasteiger partial charge in [0.25, 0.3) is 0 Å². The van der Waals surface area contributed by atoms with Gasteiger partial charge in [0.2, 0.25) is 0 Å². The average Bonchev–Trinajstić information content (AvgIpc) is 2.38. The van der Waals surface area contributed by atoms with Crippen molar-refractivity contribution in [3.8, 4) is 11.5 Å². The Morgan fingerprint density at radius 2 is 2.18 bits per heavy atom. The molecule has 0 aromatic heterocycles. The van der Waals surface area contributed by atoms with E-state index in [1.807, 2.05) is 24.3 Å². The second-order valence-electron chi connectivity index (χ2n) is 3.94. The van der Waals surface area contributed by atoms with Crippen molar-refractivity contribution < 1.29 is 18.9 Å². The Balaban J connectivity index is 1.90. The molecular formula is C13H18O4. The molecule has 17 heavy (non-hydrogen) atoms. The first-order chi connectivity index (χ1) is 8.38. The smallest absolute Gasteiger partial charge is 0.199 e. The molecule has 94 valence electrons. The molecule has 1 aromatic rings. The van der Waals surface area contributed by atoms with Crippen molar-refractivity contribution in [1.82, 2.24) is 0 Å². The van der Waals surface area contributed by atoms with Gasteiger partial charge in [0.1, 0.15) is 11.5 Å². The number of hydrogen-bond acceptors (Lipinski definition) is 4. The van der Waals surface area contributed by atoms with Crippen LogP contribution < -0.4 is 9.47 Å². The normalized spacial score (nSPS) is 19.9. The maximum atomic E-state index is 5.73. The highest BCUT2D eigenvalue weighted by molar-refractivity contribution is 5.32. The van der Waals surface area contributed by atoms with Gasteiger partial charge in [-0.15, -0.1) is 0 Å². The van der Waals surface area contributed by atoms with Gasteiger partial charge < -0.3 is 18.9 Å². The Kier molecular flexibility index (Phi) is 4.64. The quantitative estimate of drug-likeness (QED) is 0.739. The van der Waals surface area contributed by atoms with Crippen molar-refractivity contribution in [1.29, 1.82) is 0 Å². The van der Waals surface area contributed by atoms with Crippen LogP contribution in [0.3, 0.4) is 0 Å². The van der Waals surface area contributed by atoms with Gasteiger partial charge in [-0.25, -0.2) is 0 Å². The SMILES string of the molecule is COCOc1cccc(OC2CCCCO2)c1. The monoisotopic (exact) mass is 238 g/mol. The van der Waals surface area contributed by atoms with Crippen LogP contribution in [0.4, 0.5) is 0 Å². The van der Waals surface area contributed by atoms with Gasteiger partial charge in [0.05, 0.1) is 6.61 Å². The third kappa shape index (κ3) is 3.91. The Hall–Kier alpha value is -1.26. The summed E-state index contributed by atoms with van der Waals surface area (Å²) in [5.74, 6) is 1.51. The summed E-state index contributed by atoms with van der Waals surface area (Å²) in [6.07, 6.45) is 3.10. The van der Waals surface area contributed by atoms with Crippen LogP contribution in [-0.4, -0.2) is 26.8 Å². The summed E-state index contributed by atoms with van der Waals surface area (Å²) in [5, 5.41) is 0. The summed E-state index contributed by atoms with van der Waals surface area (Å²) < 4.78 is 21.4. The molecule has 0 aliphatic carbocycles. The topological polar surface area (TPSA) is 36.9 Å². The highest BCUT2D eigenvalue weighted by Gasteiger charge is 2.15. The lowest BCUT2D eigenvalue weighted by Crippen LogP contribution is -2.24. The van der Waals surface area contributed by atoms with Crippen molar-refractivity contribution >= 4 is 0 Å². The molecule has 1 aliphatic rings. The average molecular weight is 238 g/mol. The zero-order valence-corrected chi connectivity index (χ0v) is 10.1. The van der Waals surface area contributed by atoms with Gasteiger partial charge in [-0.05, 0) is 25.0 Å². The van der Waals surface area contributed by atoms with E-state index in [0.29, 0.717) is 0 Å². The Bertz CT molecular complexity index is 334.